The SMILES string of the molecule is COc1cccc(-c2n[nH]c(=S)n2/N=C\c2ccccc2OC)c1. The maximum absolute atomic E-state index is 5.32. The lowest BCUT2D eigenvalue weighted by atomic mass is 10.2. The number of aromatic amines is 1. The average Bonchev–Trinajstić information content (AvgIpc) is 3.00. The molecule has 122 valence electrons. The van der Waals surface area contributed by atoms with E-state index in [2.05, 4.69) is 15.3 Å². The van der Waals surface area contributed by atoms with Crippen LogP contribution in [0.1, 0.15) is 5.56 Å². The van der Waals surface area contributed by atoms with Crippen molar-refractivity contribution < 1.29 is 9.47 Å². The molecule has 1 aromatic heterocycles. The highest BCUT2D eigenvalue weighted by Crippen LogP contribution is 2.22. The zero-order valence-corrected chi connectivity index (χ0v) is 14.1. The van der Waals surface area contributed by atoms with Crippen molar-refractivity contribution in [3.8, 4) is 22.9 Å². The van der Waals surface area contributed by atoms with Crippen molar-refractivity contribution in [1.29, 1.82) is 0 Å². The lowest BCUT2D eigenvalue weighted by Gasteiger charge is -2.05. The summed E-state index contributed by atoms with van der Waals surface area (Å²) in [5.74, 6) is 2.07. The van der Waals surface area contributed by atoms with Crippen molar-refractivity contribution >= 4 is 18.4 Å². The number of para-hydroxylation sites is 1. The number of rotatable bonds is 5. The Balaban J connectivity index is 2.02. The number of H-pyrrole nitrogens is 1. The van der Waals surface area contributed by atoms with Gasteiger partial charge in [0, 0.05) is 11.1 Å². The molecule has 7 heteroatoms. The second kappa shape index (κ2) is 7.10. The fourth-order valence-corrected chi connectivity index (χ4v) is 2.42. The lowest BCUT2D eigenvalue weighted by molar-refractivity contribution is 0.414. The minimum atomic E-state index is 0.402. The number of hydrogen-bond donors (Lipinski definition) is 1. The molecule has 3 rings (SSSR count). The molecule has 0 spiro atoms. The molecule has 0 aliphatic heterocycles. The van der Waals surface area contributed by atoms with Gasteiger partial charge in [0.2, 0.25) is 4.77 Å². The van der Waals surface area contributed by atoms with Crippen molar-refractivity contribution in [2.75, 3.05) is 14.2 Å². The van der Waals surface area contributed by atoms with Crippen LogP contribution in [0, 0.1) is 4.77 Å². The molecule has 0 fully saturated rings. The molecule has 3 aromatic rings. The Morgan fingerprint density at radius 1 is 1.12 bits per heavy atom. The van der Waals surface area contributed by atoms with Crippen molar-refractivity contribution in [2.45, 2.75) is 0 Å². The molecule has 0 bridgehead atoms. The van der Waals surface area contributed by atoms with Crippen LogP contribution in [0.25, 0.3) is 11.4 Å². The number of ether oxygens (including phenoxy) is 2. The molecule has 0 radical (unpaired) electrons. The molecule has 2 aromatic carbocycles. The summed E-state index contributed by atoms with van der Waals surface area (Å²) in [4.78, 5) is 0. The molecular weight excluding hydrogens is 324 g/mol. The molecule has 0 aliphatic carbocycles. The molecule has 6 nitrogen and oxygen atoms in total. The van der Waals surface area contributed by atoms with Crippen LogP contribution in [0.3, 0.4) is 0 Å². The molecule has 0 atom stereocenters. The van der Waals surface area contributed by atoms with Crippen LogP contribution < -0.4 is 9.47 Å². The molecule has 24 heavy (non-hydrogen) atoms. The molecular formula is C17H16N4O2S. The molecule has 1 heterocycles. The fourth-order valence-electron chi connectivity index (χ4n) is 2.24. The minimum Gasteiger partial charge on any atom is -0.497 e. The van der Waals surface area contributed by atoms with Crippen molar-refractivity contribution in [3.63, 3.8) is 0 Å². The van der Waals surface area contributed by atoms with Gasteiger partial charge in [0.05, 0.1) is 20.4 Å². The maximum Gasteiger partial charge on any atom is 0.216 e. The number of hydrogen-bond acceptors (Lipinski definition) is 5. The van der Waals surface area contributed by atoms with Gasteiger partial charge in [-0.15, -0.1) is 0 Å². The molecule has 0 unspecified atom stereocenters. The summed E-state index contributed by atoms with van der Waals surface area (Å²) < 4.78 is 12.5. The summed E-state index contributed by atoms with van der Waals surface area (Å²) in [6.45, 7) is 0. The van der Waals surface area contributed by atoms with E-state index in [1.54, 1.807) is 25.1 Å². The number of nitrogens with one attached hydrogen (secondary N) is 1. The monoisotopic (exact) mass is 340 g/mol. The van der Waals surface area contributed by atoms with Crippen LogP contribution in [0.15, 0.2) is 53.6 Å². The van der Waals surface area contributed by atoms with Crippen molar-refractivity contribution in [2.24, 2.45) is 5.10 Å². The van der Waals surface area contributed by atoms with Gasteiger partial charge in [-0.1, -0.05) is 24.3 Å². The number of aromatic nitrogens is 3. The van der Waals surface area contributed by atoms with Gasteiger partial charge < -0.3 is 9.47 Å². The Labute approximate surface area is 144 Å². The molecule has 1 N–H and O–H groups in total. The smallest absolute Gasteiger partial charge is 0.216 e. The van der Waals surface area contributed by atoms with E-state index in [1.807, 2.05) is 48.5 Å². The Kier molecular flexibility index (Phi) is 4.72. The van der Waals surface area contributed by atoms with E-state index in [9.17, 15) is 0 Å². The van der Waals surface area contributed by atoms with Gasteiger partial charge in [-0.2, -0.15) is 14.9 Å². The van der Waals surface area contributed by atoms with E-state index in [0.717, 1.165) is 22.6 Å². The Hall–Kier alpha value is -2.93. The van der Waals surface area contributed by atoms with Gasteiger partial charge in [-0.3, -0.25) is 0 Å². The normalized spacial score (nSPS) is 10.9. The van der Waals surface area contributed by atoms with Gasteiger partial charge in [0.25, 0.3) is 0 Å². The quantitative estimate of drug-likeness (QED) is 0.570. The van der Waals surface area contributed by atoms with Crippen LogP contribution in [0.4, 0.5) is 0 Å². The maximum atomic E-state index is 5.32. The van der Waals surface area contributed by atoms with Crippen molar-refractivity contribution in [3.05, 3.63) is 58.9 Å². The third-order valence-electron chi connectivity index (χ3n) is 3.43. The van der Waals surface area contributed by atoms with E-state index in [4.69, 9.17) is 21.7 Å². The van der Waals surface area contributed by atoms with Crippen molar-refractivity contribution in [1.82, 2.24) is 14.9 Å². The Bertz CT molecular complexity index is 930. The molecule has 0 aliphatic rings. The van der Waals surface area contributed by atoms with Gasteiger partial charge in [-0.05, 0) is 36.5 Å². The van der Waals surface area contributed by atoms with E-state index in [0.29, 0.717) is 10.6 Å². The van der Waals surface area contributed by atoms with Crippen LogP contribution >= 0.6 is 12.2 Å². The second-order valence-corrected chi connectivity index (χ2v) is 5.27. The van der Waals surface area contributed by atoms with E-state index in [1.165, 1.54) is 0 Å². The predicted molar refractivity (Wildman–Crippen MR) is 95.4 cm³/mol. The van der Waals surface area contributed by atoms with Gasteiger partial charge in [-0.25, -0.2) is 5.10 Å². The third kappa shape index (κ3) is 3.21. The number of nitrogens with zero attached hydrogens (tertiary/aromatic N) is 3. The second-order valence-electron chi connectivity index (χ2n) is 4.88. The zero-order valence-electron chi connectivity index (χ0n) is 13.3. The first kappa shape index (κ1) is 15.9. The van der Waals surface area contributed by atoms with Gasteiger partial charge in [0.15, 0.2) is 5.82 Å². The summed E-state index contributed by atoms with van der Waals surface area (Å²) in [5, 5.41) is 11.5. The van der Waals surface area contributed by atoms with E-state index >= 15 is 0 Å². The first-order chi connectivity index (χ1) is 11.7. The lowest BCUT2D eigenvalue weighted by Crippen LogP contribution is -1.97. The predicted octanol–water partition coefficient (Wildman–Crippen LogP) is 3.51. The number of benzene rings is 2. The van der Waals surface area contributed by atoms with E-state index in [-0.39, 0.29) is 0 Å². The summed E-state index contributed by atoms with van der Waals surface area (Å²) in [6.07, 6.45) is 1.69. The topological polar surface area (TPSA) is 64.4 Å². The Morgan fingerprint density at radius 3 is 2.75 bits per heavy atom. The summed E-state index contributed by atoms with van der Waals surface area (Å²) in [7, 11) is 3.24. The van der Waals surface area contributed by atoms with Gasteiger partial charge >= 0.3 is 0 Å². The summed E-state index contributed by atoms with van der Waals surface area (Å²) in [5.41, 5.74) is 1.69. The largest absolute Gasteiger partial charge is 0.497 e. The van der Waals surface area contributed by atoms with Crippen LogP contribution in [-0.4, -0.2) is 35.3 Å². The van der Waals surface area contributed by atoms with Crippen LogP contribution in [0.2, 0.25) is 0 Å². The first-order valence-electron chi connectivity index (χ1n) is 7.22. The fraction of sp³-hybridized carbons (Fsp3) is 0.118. The highest BCUT2D eigenvalue weighted by atomic mass is 32.1. The molecule has 0 saturated carbocycles. The Morgan fingerprint density at radius 2 is 1.96 bits per heavy atom. The van der Waals surface area contributed by atoms with Crippen LogP contribution in [0.5, 0.6) is 11.5 Å². The standard InChI is InChI=1S/C17H16N4O2S/c1-22-14-8-5-7-12(10-14)16-19-20-17(24)21(16)18-11-13-6-3-4-9-15(13)23-2/h3-11H,1-2H3,(H,20,24)/b18-11-. The average molecular weight is 340 g/mol. The van der Waals surface area contributed by atoms with Crippen LogP contribution in [-0.2, 0) is 0 Å². The number of methoxy groups -OCH3 is 2. The van der Waals surface area contributed by atoms with E-state index < -0.39 is 0 Å². The highest BCUT2D eigenvalue weighted by Gasteiger charge is 2.09. The third-order valence-corrected chi connectivity index (χ3v) is 3.69. The zero-order chi connectivity index (χ0) is 16.9. The highest BCUT2D eigenvalue weighted by molar-refractivity contribution is 7.71. The summed E-state index contributed by atoms with van der Waals surface area (Å²) >= 11 is 5.28. The molecule has 0 amide bonds. The van der Waals surface area contributed by atoms with Gasteiger partial charge in [0.1, 0.15) is 11.5 Å². The first-order valence-corrected chi connectivity index (χ1v) is 7.63. The summed E-state index contributed by atoms with van der Waals surface area (Å²) in [6, 6.07) is 15.2. The molecule has 0 saturated heterocycles. The minimum absolute atomic E-state index is 0.402.